The number of hydrogen-bond donors (Lipinski definition) is 1. The molecular weight excluding hydrogens is 480 g/mol. The molecule has 0 atom stereocenters. The van der Waals surface area contributed by atoms with Crippen LogP contribution in [-0.2, 0) is 14.8 Å². The van der Waals surface area contributed by atoms with E-state index >= 15 is 0 Å². The summed E-state index contributed by atoms with van der Waals surface area (Å²) in [6.45, 7) is 5.66. The van der Waals surface area contributed by atoms with Crippen LogP contribution in [0.1, 0.15) is 25.8 Å². The van der Waals surface area contributed by atoms with Gasteiger partial charge in [0.2, 0.25) is 11.0 Å². The molecule has 11 heteroatoms. The van der Waals surface area contributed by atoms with Gasteiger partial charge in [-0.15, -0.1) is 10.2 Å². The molecule has 2 aromatic carbocycles. The zero-order valence-corrected chi connectivity index (χ0v) is 21.1. The van der Waals surface area contributed by atoms with Crippen molar-refractivity contribution in [3.63, 3.8) is 0 Å². The summed E-state index contributed by atoms with van der Waals surface area (Å²) in [6.07, 6.45) is 0.997. The van der Waals surface area contributed by atoms with Gasteiger partial charge < -0.3 is 4.74 Å². The fourth-order valence-corrected chi connectivity index (χ4v) is 6.00. The molecule has 0 radical (unpaired) electrons. The molecule has 0 saturated carbocycles. The monoisotopic (exact) mass is 506 g/mol. The largest absolute Gasteiger partial charge is 0.492 e. The van der Waals surface area contributed by atoms with E-state index in [4.69, 9.17) is 4.74 Å². The Kier molecular flexibility index (Phi) is 8.70. The number of carbonyl (C=O) groups excluding carboxylic acids is 1. The van der Waals surface area contributed by atoms with E-state index in [1.165, 1.54) is 23.5 Å². The van der Waals surface area contributed by atoms with Gasteiger partial charge in [-0.2, -0.15) is 0 Å². The fourth-order valence-electron chi connectivity index (χ4n) is 2.88. The molecule has 1 amide bonds. The zero-order chi connectivity index (χ0) is 23.8. The number of nitrogens with zero attached hydrogens (tertiary/aromatic N) is 3. The topological polar surface area (TPSA) is 101 Å². The predicted molar refractivity (Wildman–Crippen MR) is 133 cm³/mol. The Hall–Kier alpha value is -2.63. The second-order valence-electron chi connectivity index (χ2n) is 7.00. The van der Waals surface area contributed by atoms with Crippen LogP contribution in [0.4, 0.5) is 10.8 Å². The van der Waals surface area contributed by atoms with Crippen molar-refractivity contribution in [1.82, 2.24) is 10.2 Å². The number of carbonyl (C=O) groups is 1. The summed E-state index contributed by atoms with van der Waals surface area (Å²) in [6, 6.07) is 13.2. The Labute approximate surface area is 202 Å². The van der Waals surface area contributed by atoms with Gasteiger partial charge in [-0.25, -0.2) is 8.42 Å². The Morgan fingerprint density at radius 2 is 1.85 bits per heavy atom. The van der Waals surface area contributed by atoms with Crippen LogP contribution in [-0.4, -0.2) is 43.4 Å². The van der Waals surface area contributed by atoms with E-state index in [0.717, 1.165) is 26.4 Å². The molecule has 3 rings (SSSR count). The number of para-hydroxylation sites is 2. The minimum Gasteiger partial charge on any atom is -0.492 e. The lowest BCUT2D eigenvalue weighted by Crippen LogP contribution is -2.38. The molecule has 8 nitrogen and oxygen atoms in total. The summed E-state index contributed by atoms with van der Waals surface area (Å²) in [5.41, 5.74) is 1.22. The van der Waals surface area contributed by atoms with Crippen LogP contribution in [0.3, 0.4) is 0 Å². The first kappa shape index (κ1) is 25.0. The van der Waals surface area contributed by atoms with Gasteiger partial charge >= 0.3 is 0 Å². The van der Waals surface area contributed by atoms with Gasteiger partial charge in [-0.05, 0) is 44.5 Å². The second kappa shape index (κ2) is 11.5. The number of amides is 1. The van der Waals surface area contributed by atoms with Crippen molar-refractivity contribution in [2.24, 2.45) is 0 Å². The summed E-state index contributed by atoms with van der Waals surface area (Å²) in [5.74, 6) is 0.747. The van der Waals surface area contributed by atoms with Crippen LogP contribution in [0, 0.1) is 6.92 Å². The molecule has 0 bridgehead atoms. The zero-order valence-electron chi connectivity index (χ0n) is 18.6. The molecule has 0 aliphatic heterocycles. The van der Waals surface area contributed by atoms with E-state index in [-0.39, 0.29) is 10.6 Å². The summed E-state index contributed by atoms with van der Waals surface area (Å²) in [4.78, 5) is 13.0. The first-order valence-electron chi connectivity index (χ1n) is 10.4. The van der Waals surface area contributed by atoms with E-state index in [2.05, 4.69) is 22.4 Å². The quantitative estimate of drug-likeness (QED) is 0.300. The smallest absolute Gasteiger partial charge is 0.264 e. The third-order valence-corrected chi connectivity index (χ3v) is 8.36. The van der Waals surface area contributed by atoms with Crippen molar-refractivity contribution in [3.8, 4) is 5.75 Å². The van der Waals surface area contributed by atoms with Gasteiger partial charge in [-0.1, -0.05) is 59.9 Å². The van der Waals surface area contributed by atoms with Gasteiger partial charge in [0.05, 0.1) is 17.2 Å². The average Bonchev–Trinajstić information content (AvgIpc) is 3.24. The number of rotatable bonds is 11. The summed E-state index contributed by atoms with van der Waals surface area (Å²) >= 11 is 2.82. The molecule has 0 aliphatic rings. The van der Waals surface area contributed by atoms with E-state index in [0.29, 0.717) is 17.5 Å². The molecule has 0 saturated heterocycles. The number of nitrogens with one attached hydrogen (secondary N) is 1. The maximum atomic E-state index is 13.6. The Morgan fingerprint density at radius 1 is 1.12 bits per heavy atom. The lowest BCUT2D eigenvalue weighted by atomic mass is 10.2. The fraction of sp³-hybridized carbons (Fsp3) is 0.318. The Morgan fingerprint density at radius 3 is 2.55 bits per heavy atom. The van der Waals surface area contributed by atoms with Crippen molar-refractivity contribution in [2.45, 2.75) is 36.4 Å². The minimum absolute atomic E-state index is 0.0846. The van der Waals surface area contributed by atoms with Crippen molar-refractivity contribution >= 4 is 49.8 Å². The number of aryl methyl sites for hydroxylation is 1. The third kappa shape index (κ3) is 6.46. The lowest BCUT2D eigenvalue weighted by molar-refractivity contribution is -0.114. The highest BCUT2D eigenvalue weighted by Gasteiger charge is 2.29. The minimum atomic E-state index is -4.05. The molecule has 0 aliphatic carbocycles. The molecular formula is C22H26N4O4S3. The van der Waals surface area contributed by atoms with Crippen LogP contribution in [0.25, 0.3) is 0 Å². The van der Waals surface area contributed by atoms with Gasteiger partial charge in [0, 0.05) is 5.75 Å². The Balaban J connectivity index is 1.91. The Bertz CT molecular complexity index is 1180. The van der Waals surface area contributed by atoms with E-state index in [1.807, 2.05) is 13.8 Å². The van der Waals surface area contributed by atoms with Crippen LogP contribution in [0.2, 0.25) is 0 Å². The highest BCUT2D eigenvalue weighted by atomic mass is 32.2. The maximum absolute atomic E-state index is 13.6. The number of hydrogen-bond acceptors (Lipinski definition) is 8. The van der Waals surface area contributed by atoms with E-state index in [1.54, 1.807) is 48.2 Å². The number of benzene rings is 2. The molecule has 0 unspecified atom stereocenters. The summed E-state index contributed by atoms with van der Waals surface area (Å²) in [7, 11) is -4.05. The van der Waals surface area contributed by atoms with E-state index in [9.17, 15) is 13.2 Å². The van der Waals surface area contributed by atoms with Crippen LogP contribution < -0.4 is 14.4 Å². The second-order valence-corrected chi connectivity index (χ2v) is 11.2. The first-order chi connectivity index (χ1) is 15.8. The number of sulfonamides is 1. The SMILES string of the molecule is CCCSc1nnc(NC(=O)CN(c2ccccc2OCC)S(=O)(=O)c2ccc(C)cc2)s1. The number of thioether (sulfide) groups is 1. The van der Waals surface area contributed by atoms with Gasteiger partial charge in [0.1, 0.15) is 12.3 Å². The predicted octanol–water partition coefficient (Wildman–Crippen LogP) is 4.58. The summed E-state index contributed by atoms with van der Waals surface area (Å²) < 4.78 is 34.6. The molecule has 1 N–H and O–H groups in total. The van der Waals surface area contributed by atoms with Crippen LogP contribution in [0.15, 0.2) is 57.8 Å². The van der Waals surface area contributed by atoms with Gasteiger partial charge in [0.25, 0.3) is 10.0 Å². The molecule has 3 aromatic rings. The number of anilines is 2. The molecule has 33 heavy (non-hydrogen) atoms. The molecule has 1 aromatic heterocycles. The molecule has 0 fully saturated rings. The van der Waals surface area contributed by atoms with Crippen LogP contribution in [0.5, 0.6) is 5.75 Å². The van der Waals surface area contributed by atoms with Crippen molar-refractivity contribution in [2.75, 3.05) is 28.5 Å². The van der Waals surface area contributed by atoms with Crippen LogP contribution >= 0.6 is 23.1 Å². The highest BCUT2D eigenvalue weighted by Crippen LogP contribution is 2.33. The lowest BCUT2D eigenvalue weighted by Gasteiger charge is -2.25. The van der Waals surface area contributed by atoms with Gasteiger partial charge in [0.15, 0.2) is 4.34 Å². The first-order valence-corrected chi connectivity index (χ1v) is 13.7. The normalized spacial score (nSPS) is 11.2. The van der Waals surface area contributed by atoms with Crippen molar-refractivity contribution in [3.05, 3.63) is 54.1 Å². The summed E-state index contributed by atoms with van der Waals surface area (Å²) in [5, 5.41) is 11.0. The van der Waals surface area contributed by atoms with Crippen molar-refractivity contribution < 1.29 is 17.9 Å². The standard InChI is InChI=1S/C22H26N4O4S3/c1-4-14-31-22-25-24-21(32-22)23-20(27)15-26(18-8-6-7-9-19(18)30-5-2)33(28,29)17-12-10-16(3)11-13-17/h6-13H,4-5,14-15H2,1-3H3,(H,23,24,27). The van der Waals surface area contributed by atoms with E-state index < -0.39 is 22.5 Å². The van der Waals surface area contributed by atoms with Gasteiger partial charge in [-0.3, -0.25) is 14.4 Å². The molecule has 1 heterocycles. The maximum Gasteiger partial charge on any atom is 0.264 e. The van der Waals surface area contributed by atoms with Crippen molar-refractivity contribution in [1.29, 1.82) is 0 Å². The third-order valence-electron chi connectivity index (χ3n) is 4.41. The number of aromatic nitrogens is 2. The average molecular weight is 507 g/mol. The number of ether oxygens (including phenoxy) is 1. The molecule has 0 spiro atoms. The molecule has 176 valence electrons. The highest BCUT2D eigenvalue weighted by molar-refractivity contribution is 8.01.